The van der Waals surface area contributed by atoms with Crippen LogP contribution in [0.3, 0.4) is 0 Å². The Labute approximate surface area is 148 Å². The number of para-hydroxylation sites is 1. The van der Waals surface area contributed by atoms with Crippen LogP contribution in [0.1, 0.15) is 31.2 Å². The van der Waals surface area contributed by atoms with Gasteiger partial charge in [0.15, 0.2) is 0 Å². The van der Waals surface area contributed by atoms with Gasteiger partial charge in [0, 0.05) is 29.6 Å². The Morgan fingerprint density at radius 2 is 2.08 bits per heavy atom. The number of fused-ring (bicyclic) bond motifs is 1. The first kappa shape index (κ1) is 18.8. The van der Waals surface area contributed by atoms with Crippen molar-refractivity contribution in [1.29, 1.82) is 0 Å². The minimum Gasteiger partial charge on any atom is -0.393 e. The van der Waals surface area contributed by atoms with Crippen molar-refractivity contribution in [2.24, 2.45) is 11.7 Å². The molecule has 0 aliphatic heterocycles. The van der Waals surface area contributed by atoms with Gasteiger partial charge in [-0.2, -0.15) is 0 Å². The Morgan fingerprint density at radius 3 is 2.88 bits per heavy atom. The van der Waals surface area contributed by atoms with Crippen LogP contribution in [0.4, 0.5) is 0 Å². The van der Waals surface area contributed by atoms with E-state index >= 15 is 0 Å². The number of amides is 1. The molecule has 1 saturated carbocycles. The zero-order valence-corrected chi connectivity index (χ0v) is 14.5. The highest BCUT2D eigenvalue weighted by molar-refractivity contribution is 5.86. The largest absolute Gasteiger partial charge is 0.393 e. The van der Waals surface area contributed by atoms with Crippen LogP contribution in [0, 0.1) is 5.92 Å². The molecule has 1 fully saturated rings. The number of H-pyrrole nitrogens is 1. The number of aromatic nitrogens is 1. The van der Waals surface area contributed by atoms with Crippen molar-refractivity contribution in [3.63, 3.8) is 0 Å². The molecule has 1 amide bonds. The van der Waals surface area contributed by atoms with Crippen molar-refractivity contribution in [3.05, 3.63) is 36.0 Å². The summed E-state index contributed by atoms with van der Waals surface area (Å²) in [4.78, 5) is 15.4. The summed E-state index contributed by atoms with van der Waals surface area (Å²) in [6, 6.07) is 7.43. The van der Waals surface area contributed by atoms with Crippen LogP contribution in [-0.2, 0) is 11.2 Å². The summed E-state index contributed by atoms with van der Waals surface area (Å²) < 4.78 is 0. The second kappa shape index (κ2) is 8.51. The van der Waals surface area contributed by atoms with Crippen molar-refractivity contribution >= 4 is 29.2 Å². The highest BCUT2D eigenvalue weighted by Crippen LogP contribution is 2.23. The van der Waals surface area contributed by atoms with Crippen LogP contribution < -0.4 is 11.1 Å². The van der Waals surface area contributed by atoms with Crippen molar-refractivity contribution in [1.82, 2.24) is 10.3 Å². The van der Waals surface area contributed by atoms with Crippen LogP contribution in [0.2, 0.25) is 0 Å². The van der Waals surface area contributed by atoms with Gasteiger partial charge < -0.3 is 21.1 Å². The maximum atomic E-state index is 12.2. The van der Waals surface area contributed by atoms with Gasteiger partial charge in [0.2, 0.25) is 5.91 Å². The van der Waals surface area contributed by atoms with E-state index in [1.165, 1.54) is 0 Å². The minimum atomic E-state index is -0.574. The Bertz CT molecular complexity index is 673. The van der Waals surface area contributed by atoms with E-state index in [9.17, 15) is 9.90 Å². The van der Waals surface area contributed by atoms with Gasteiger partial charge in [0.1, 0.15) is 0 Å². The van der Waals surface area contributed by atoms with E-state index < -0.39 is 6.04 Å². The average Bonchev–Trinajstić information content (AvgIpc) is 2.97. The number of aliphatic hydroxyl groups excluding tert-OH is 1. The van der Waals surface area contributed by atoms with Gasteiger partial charge in [-0.05, 0) is 30.9 Å². The molecule has 3 atom stereocenters. The summed E-state index contributed by atoms with van der Waals surface area (Å²) in [6.45, 7) is 0.515. The van der Waals surface area contributed by atoms with E-state index in [0.29, 0.717) is 13.0 Å². The first-order valence-corrected chi connectivity index (χ1v) is 8.41. The Morgan fingerprint density at radius 1 is 1.33 bits per heavy atom. The fourth-order valence-electron chi connectivity index (χ4n) is 3.42. The molecule has 5 nitrogen and oxygen atoms in total. The molecule has 0 spiro atoms. The molecule has 3 rings (SSSR count). The molecule has 1 aliphatic carbocycles. The number of hydrogen-bond acceptors (Lipinski definition) is 3. The van der Waals surface area contributed by atoms with E-state index in [0.717, 1.165) is 42.1 Å². The van der Waals surface area contributed by atoms with E-state index in [1.807, 2.05) is 30.5 Å². The molecular weight excluding hydrogens is 326 g/mol. The molecule has 0 radical (unpaired) electrons. The van der Waals surface area contributed by atoms with Gasteiger partial charge in [-0.15, -0.1) is 12.4 Å². The lowest BCUT2D eigenvalue weighted by Gasteiger charge is -2.28. The quantitative estimate of drug-likeness (QED) is 0.665. The standard InChI is InChI=1S/C18H25N3O2.ClH/c19-15(9-13-11-20-16-7-3-2-6-14(13)16)18(23)21-10-12-5-1-4-8-17(12)22;/h2-3,6-7,11-12,15,17,20,22H,1,4-5,8-10,19H2,(H,21,23);1H/t12?,15-,17?;/m0./s1. The molecule has 1 heterocycles. The summed E-state index contributed by atoms with van der Waals surface area (Å²) in [7, 11) is 0. The molecular formula is C18H26ClN3O2. The van der Waals surface area contributed by atoms with Crippen molar-refractivity contribution in [2.45, 2.75) is 44.2 Å². The van der Waals surface area contributed by atoms with Gasteiger partial charge >= 0.3 is 0 Å². The predicted molar refractivity (Wildman–Crippen MR) is 98.2 cm³/mol. The molecule has 0 bridgehead atoms. The summed E-state index contributed by atoms with van der Waals surface area (Å²) in [5.74, 6) is 0.0149. The lowest BCUT2D eigenvalue weighted by atomic mass is 9.86. The monoisotopic (exact) mass is 351 g/mol. The molecule has 132 valence electrons. The molecule has 1 aliphatic rings. The number of nitrogens with two attached hydrogens (primary N) is 1. The van der Waals surface area contributed by atoms with Gasteiger partial charge in [-0.25, -0.2) is 0 Å². The smallest absolute Gasteiger partial charge is 0.237 e. The summed E-state index contributed by atoms with van der Waals surface area (Å²) >= 11 is 0. The molecule has 1 aromatic carbocycles. The molecule has 6 heteroatoms. The predicted octanol–water partition coefficient (Wildman–Crippen LogP) is 2.13. The first-order chi connectivity index (χ1) is 11.1. The number of aromatic amines is 1. The third-order valence-electron chi connectivity index (χ3n) is 4.86. The van der Waals surface area contributed by atoms with Crippen molar-refractivity contribution in [3.8, 4) is 0 Å². The number of rotatable bonds is 5. The van der Waals surface area contributed by atoms with E-state index in [4.69, 9.17) is 5.73 Å². The van der Waals surface area contributed by atoms with Gasteiger partial charge in [-0.3, -0.25) is 4.79 Å². The lowest BCUT2D eigenvalue weighted by Crippen LogP contribution is -2.45. The van der Waals surface area contributed by atoms with E-state index in [2.05, 4.69) is 10.3 Å². The summed E-state index contributed by atoms with van der Waals surface area (Å²) in [5.41, 5.74) is 8.17. The SMILES string of the molecule is Cl.N[C@@H](Cc1c[nH]c2ccccc12)C(=O)NCC1CCCCC1O. The van der Waals surface area contributed by atoms with Crippen LogP contribution in [0.5, 0.6) is 0 Å². The van der Waals surface area contributed by atoms with Gasteiger partial charge in [0.05, 0.1) is 12.1 Å². The van der Waals surface area contributed by atoms with Crippen molar-refractivity contribution < 1.29 is 9.90 Å². The average molecular weight is 352 g/mol. The molecule has 1 aromatic heterocycles. The first-order valence-electron chi connectivity index (χ1n) is 8.41. The zero-order chi connectivity index (χ0) is 16.2. The third-order valence-corrected chi connectivity index (χ3v) is 4.86. The summed E-state index contributed by atoms with van der Waals surface area (Å²) in [5, 5.41) is 14.0. The molecule has 24 heavy (non-hydrogen) atoms. The second-order valence-electron chi connectivity index (χ2n) is 6.53. The fraction of sp³-hybridized carbons (Fsp3) is 0.500. The van der Waals surface area contributed by atoms with E-state index in [-0.39, 0.29) is 30.3 Å². The van der Waals surface area contributed by atoms with Crippen molar-refractivity contribution in [2.75, 3.05) is 6.54 Å². The minimum absolute atomic E-state index is 0. The number of halogens is 1. The van der Waals surface area contributed by atoms with E-state index in [1.54, 1.807) is 0 Å². The highest BCUT2D eigenvalue weighted by Gasteiger charge is 2.24. The Hall–Kier alpha value is -1.56. The normalized spacial score (nSPS) is 21.9. The number of hydrogen-bond donors (Lipinski definition) is 4. The topological polar surface area (TPSA) is 91.1 Å². The molecule has 2 aromatic rings. The number of carbonyl (C=O) groups is 1. The maximum absolute atomic E-state index is 12.2. The number of carbonyl (C=O) groups excluding carboxylic acids is 1. The van der Waals surface area contributed by atoms with Crippen LogP contribution >= 0.6 is 12.4 Å². The molecule has 0 saturated heterocycles. The van der Waals surface area contributed by atoms with Crippen LogP contribution in [0.15, 0.2) is 30.5 Å². The second-order valence-corrected chi connectivity index (χ2v) is 6.53. The summed E-state index contributed by atoms with van der Waals surface area (Å²) in [6.07, 6.45) is 6.13. The van der Waals surface area contributed by atoms with Gasteiger partial charge in [0.25, 0.3) is 0 Å². The number of aliphatic hydroxyl groups is 1. The lowest BCUT2D eigenvalue weighted by molar-refractivity contribution is -0.122. The van der Waals surface area contributed by atoms with Crippen LogP contribution in [-0.4, -0.2) is 34.7 Å². The molecule has 5 N–H and O–H groups in total. The Balaban J connectivity index is 0.00000208. The maximum Gasteiger partial charge on any atom is 0.237 e. The zero-order valence-electron chi connectivity index (χ0n) is 13.7. The van der Waals surface area contributed by atoms with Gasteiger partial charge in [-0.1, -0.05) is 31.0 Å². The number of benzene rings is 1. The Kier molecular flexibility index (Phi) is 6.66. The third kappa shape index (κ3) is 4.29. The van der Waals surface area contributed by atoms with Crippen LogP contribution in [0.25, 0.3) is 10.9 Å². The highest BCUT2D eigenvalue weighted by atomic mass is 35.5. The fourth-order valence-corrected chi connectivity index (χ4v) is 3.42. The molecule has 2 unspecified atom stereocenters. The number of nitrogens with one attached hydrogen (secondary N) is 2.